The van der Waals surface area contributed by atoms with Crippen molar-refractivity contribution in [1.29, 1.82) is 0 Å². The number of nitrogens with one attached hydrogen (secondary N) is 1. The molecule has 0 saturated heterocycles. The van der Waals surface area contributed by atoms with E-state index in [1.54, 1.807) is 0 Å². The Bertz CT molecular complexity index is 601. The fourth-order valence-corrected chi connectivity index (χ4v) is 1.87. The zero-order valence-corrected chi connectivity index (χ0v) is 9.93. The molecule has 0 bridgehead atoms. The molecule has 1 atom stereocenters. The molecule has 0 aliphatic rings. The van der Waals surface area contributed by atoms with Crippen LogP contribution >= 0.6 is 0 Å². The average molecular weight is 288 g/mol. The molecular formula is C13H9F5N2. The van der Waals surface area contributed by atoms with E-state index in [9.17, 15) is 22.0 Å². The highest BCUT2D eigenvalue weighted by Crippen LogP contribution is 2.25. The van der Waals surface area contributed by atoms with Crippen LogP contribution in [0.4, 0.5) is 22.0 Å². The summed E-state index contributed by atoms with van der Waals surface area (Å²) in [5, 5.41) is 0. The number of halogens is 5. The van der Waals surface area contributed by atoms with E-state index in [2.05, 4.69) is 5.43 Å². The second-order valence-electron chi connectivity index (χ2n) is 4.10. The van der Waals surface area contributed by atoms with Crippen LogP contribution in [0.2, 0.25) is 0 Å². The summed E-state index contributed by atoms with van der Waals surface area (Å²) in [5.74, 6) is -0.971. The molecule has 0 radical (unpaired) electrons. The minimum atomic E-state index is -1.63. The van der Waals surface area contributed by atoms with E-state index in [1.165, 1.54) is 0 Å². The monoisotopic (exact) mass is 288 g/mol. The van der Waals surface area contributed by atoms with Gasteiger partial charge in [-0.1, -0.05) is 0 Å². The van der Waals surface area contributed by atoms with E-state index in [4.69, 9.17) is 5.84 Å². The first kappa shape index (κ1) is 14.4. The molecule has 0 heterocycles. The Hall–Kier alpha value is -1.99. The molecule has 0 spiro atoms. The molecule has 106 valence electrons. The molecule has 0 amide bonds. The molecule has 0 aliphatic heterocycles. The molecule has 3 N–H and O–H groups in total. The van der Waals surface area contributed by atoms with Crippen LogP contribution < -0.4 is 11.3 Å². The van der Waals surface area contributed by atoms with E-state index in [0.717, 1.165) is 12.1 Å². The first-order valence-corrected chi connectivity index (χ1v) is 5.49. The lowest BCUT2D eigenvalue weighted by molar-refractivity contribution is 0.442. The van der Waals surface area contributed by atoms with Crippen molar-refractivity contribution in [1.82, 2.24) is 5.43 Å². The van der Waals surface area contributed by atoms with Gasteiger partial charge in [-0.25, -0.2) is 27.4 Å². The van der Waals surface area contributed by atoms with Crippen LogP contribution in [0.5, 0.6) is 0 Å². The van der Waals surface area contributed by atoms with Crippen LogP contribution in [0.25, 0.3) is 0 Å². The highest BCUT2D eigenvalue weighted by Gasteiger charge is 2.19. The SMILES string of the molecule is NNC(c1cc(F)cc(F)c1)c1cc(F)c(F)c(F)c1. The van der Waals surface area contributed by atoms with Crippen LogP contribution in [-0.4, -0.2) is 0 Å². The Kier molecular flexibility index (Phi) is 4.01. The van der Waals surface area contributed by atoms with Crippen molar-refractivity contribution in [3.63, 3.8) is 0 Å². The summed E-state index contributed by atoms with van der Waals surface area (Å²) in [4.78, 5) is 0. The summed E-state index contributed by atoms with van der Waals surface area (Å²) in [6, 6.07) is 2.85. The molecule has 0 saturated carbocycles. The van der Waals surface area contributed by atoms with Gasteiger partial charge in [-0.3, -0.25) is 5.84 Å². The summed E-state index contributed by atoms with van der Waals surface area (Å²) >= 11 is 0. The summed E-state index contributed by atoms with van der Waals surface area (Å²) < 4.78 is 65.5. The fourth-order valence-electron chi connectivity index (χ4n) is 1.87. The maximum Gasteiger partial charge on any atom is 0.194 e. The van der Waals surface area contributed by atoms with Crippen LogP contribution in [0.3, 0.4) is 0 Å². The Morgan fingerprint density at radius 1 is 0.750 bits per heavy atom. The van der Waals surface area contributed by atoms with Crippen molar-refractivity contribution < 1.29 is 22.0 Å². The first-order chi connectivity index (χ1) is 9.42. The lowest BCUT2D eigenvalue weighted by Crippen LogP contribution is -2.29. The third-order valence-electron chi connectivity index (χ3n) is 2.72. The van der Waals surface area contributed by atoms with Crippen molar-refractivity contribution in [3.05, 3.63) is 70.5 Å². The molecule has 20 heavy (non-hydrogen) atoms. The summed E-state index contributed by atoms with van der Waals surface area (Å²) in [7, 11) is 0. The Balaban J connectivity index is 2.52. The quantitative estimate of drug-likeness (QED) is 0.394. The molecular weight excluding hydrogens is 279 g/mol. The molecule has 2 nitrogen and oxygen atoms in total. The maximum absolute atomic E-state index is 13.2. The van der Waals surface area contributed by atoms with Gasteiger partial charge in [0.1, 0.15) is 11.6 Å². The smallest absolute Gasteiger partial charge is 0.194 e. The zero-order valence-electron chi connectivity index (χ0n) is 9.93. The third kappa shape index (κ3) is 2.78. The highest BCUT2D eigenvalue weighted by molar-refractivity contribution is 5.33. The van der Waals surface area contributed by atoms with E-state index < -0.39 is 35.1 Å². The normalized spacial score (nSPS) is 12.5. The Morgan fingerprint density at radius 3 is 1.65 bits per heavy atom. The van der Waals surface area contributed by atoms with Crippen molar-refractivity contribution in [2.45, 2.75) is 6.04 Å². The lowest BCUT2D eigenvalue weighted by atomic mass is 9.98. The molecule has 0 fully saturated rings. The van der Waals surface area contributed by atoms with Crippen molar-refractivity contribution >= 4 is 0 Å². The summed E-state index contributed by atoms with van der Waals surface area (Å²) in [6.45, 7) is 0. The van der Waals surface area contributed by atoms with Gasteiger partial charge in [-0.15, -0.1) is 0 Å². The van der Waals surface area contributed by atoms with Gasteiger partial charge in [0.05, 0.1) is 6.04 Å². The first-order valence-electron chi connectivity index (χ1n) is 5.49. The van der Waals surface area contributed by atoms with Gasteiger partial charge in [0.2, 0.25) is 0 Å². The average Bonchev–Trinajstić information content (AvgIpc) is 2.35. The van der Waals surface area contributed by atoms with E-state index >= 15 is 0 Å². The zero-order chi connectivity index (χ0) is 14.9. The van der Waals surface area contributed by atoms with Gasteiger partial charge in [0.25, 0.3) is 0 Å². The standard InChI is InChI=1S/C13H9F5N2/c14-8-1-6(2-9(15)5-8)13(20-19)7-3-10(16)12(18)11(17)4-7/h1-5,13,20H,19H2. The van der Waals surface area contributed by atoms with Crippen LogP contribution in [0.15, 0.2) is 30.3 Å². The van der Waals surface area contributed by atoms with E-state index in [-0.39, 0.29) is 11.1 Å². The topological polar surface area (TPSA) is 38.0 Å². The molecule has 1 unspecified atom stereocenters. The van der Waals surface area contributed by atoms with Crippen molar-refractivity contribution in [2.24, 2.45) is 5.84 Å². The molecule has 0 aromatic heterocycles. The van der Waals surface area contributed by atoms with Crippen LogP contribution in [0.1, 0.15) is 17.2 Å². The number of hydrogen-bond acceptors (Lipinski definition) is 2. The van der Waals surface area contributed by atoms with Crippen LogP contribution in [0, 0.1) is 29.1 Å². The molecule has 2 rings (SSSR count). The van der Waals surface area contributed by atoms with Gasteiger partial charge in [-0.05, 0) is 35.4 Å². The number of rotatable bonds is 3. The third-order valence-corrected chi connectivity index (χ3v) is 2.72. The number of benzene rings is 2. The molecule has 0 aliphatic carbocycles. The summed E-state index contributed by atoms with van der Waals surface area (Å²) in [6.07, 6.45) is 0. The predicted molar refractivity (Wildman–Crippen MR) is 61.8 cm³/mol. The predicted octanol–water partition coefficient (Wildman–Crippen LogP) is 2.93. The van der Waals surface area contributed by atoms with Gasteiger partial charge in [-0.2, -0.15) is 0 Å². The number of hydrogen-bond donors (Lipinski definition) is 2. The Morgan fingerprint density at radius 2 is 1.20 bits per heavy atom. The molecule has 2 aromatic rings. The minimum Gasteiger partial charge on any atom is -0.271 e. The Labute approximate surface area is 111 Å². The number of hydrazine groups is 1. The van der Waals surface area contributed by atoms with Gasteiger partial charge in [0, 0.05) is 6.07 Å². The van der Waals surface area contributed by atoms with Gasteiger partial charge >= 0.3 is 0 Å². The minimum absolute atomic E-state index is 0.00964. The fraction of sp³-hybridized carbons (Fsp3) is 0.0769. The van der Waals surface area contributed by atoms with Crippen molar-refractivity contribution in [2.75, 3.05) is 0 Å². The number of nitrogens with two attached hydrogens (primary N) is 1. The maximum atomic E-state index is 13.2. The second kappa shape index (κ2) is 5.56. The van der Waals surface area contributed by atoms with E-state index in [0.29, 0.717) is 18.2 Å². The van der Waals surface area contributed by atoms with Crippen LogP contribution in [-0.2, 0) is 0 Å². The van der Waals surface area contributed by atoms with E-state index in [1.807, 2.05) is 0 Å². The van der Waals surface area contributed by atoms with Gasteiger partial charge < -0.3 is 0 Å². The largest absolute Gasteiger partial charge is 0.271 e. The lowest BCUT2D eigenvalue weighted by Gasteiger charge is -2.17. The molecule has 2 aromatic carbocycles. The second-order valence-corrected chi connectivity index (χ2v) is 4.10. The highest BCUT2D eigenvalue weighted by atomic mass is 19.2. The molecule has 7 heteroatoms. The van der Waals surface area contributed by atoms with Gasteiger partial charge in [0.15, 0.2) is 17.5 Å². The summed E-state index contributed by atoms with van der Waals surface area (Å²) in [5.41, 5.74) is 2.08. The van der Waals surface area contributed by atoms with Crippen molar-refractivity contribution in [3.8, 4) is 0 Å².